The minimum absolute atomic E-state index is 0.0658. The van der Waals surface area contributed by atoms with Crippen LogP contribution in [0.5, 0.6) is 0 Å². The molecule has 2 rings (SSSR count). The summed E-state index contributed by atoms with van der Waals surface area (Å²) in [5, 5.41) is 6.34. The predicted octanol–water partition coefficient (Wildman–Crippen LogP) is 4.33. The lowest BCUT2D eigenvalue weighted by molar-refractivity contribution is -0.119. The van der Waals surface area contributed by atoms with Gasteiger partial charge in [-0.25, -0.2) is 4.99 Å². The first kappa shape index (κ1) is 19.7. The lowest BCUT2D eigenvalue weighted by Crippen LogP contribution is -2.50. The van der Waals surface area contributed by atoms with E-state index < -0.39 is 5.54 Å². The first-order valence-corrected chi connectivity index (χ1v) is 9.03. The molecule has 0 spiro atoms. The molecule has 0 fully saturated rings. The van der Waals surface area contributed by atoms with E-state index in [0.29, 0.717) is 12.4 Å². The fourth-order valence-corrected chi connectivity index (χ4v) is 2.72. The number of carbonyl (C=O) groups is 1. The normalized spacial score (nSPS) is 12.6. The maximum absolute atomic E-state index is 12.0. The van der Waals surface area contributed by atoms with E-state index in [1.165, 1.54) is 0 Å². The monoisotopic (exact) mass is 351 g/mol. The molecule has 0 saturated heterocycles. The van der Waals surface area contributed by atoms with Gasteiger partial charge in [0.05, 0.1) is 11.1 Å². The van der Waals surface area contributed by atoms with Crippen LogP contribution in [0.25, 0.3) is 0 Å². The van der Waals surface area contributed by atoms with Gasteiger partial charge in [-0.3, -0.25) is 10.1 Å². The van der Waals surface area contributed by atoms with Crippen LogP contribution in [-0.2, 0) is 15.9 Å². The predicted molar refractivity (Wildman–Crippen MR) is 108 cm³/mol. The van der Waals surface area contributed by atoms with Crippen molar-refractivity contribution >= 4 is 11.9 Å². The minimum atomic E-state index is -0.475. The lowest BCUT2D eigenvalue weighted by atomic mass is 9.94. The molecule has 0 atom stereocenters. The van der Waals surface area contributed by atoms with Crippen LogP contribution < -0.4 is 10.6 Å². The molecule has 1 amide bonds. The third-order valence-corrected chi connectivity index (χ3v) is 4.38. The Hall–Kier alpha value is -2.62. The zero-order valence-electron chi connectivity index (χ0n) is 16.3. The van der Waals surface area contributed by atoms with Crippen molar-refractivity contribution in [3.05, 3.63) is 71.8 Å². The highest BCUT2D eigenvalue weighted by molar-refractivity contribution is 5.97. The summed E-state index contributed by atoms with van der Waals surface area (Å²) in [4.78, 5) is 16.9. The van der Waals surface area contributed by atoms with Crippen molar-refractivity contribution in [3.8, 4) is 0 Å². The largest absolute Gasteiger partial charge is 0.347 e. The Balaban J connectivity index is 2.35. The summed E-state index contributed by atoms with van der Waals surface area (Å²) in [6.07, 6.45) is 0.401. The SMILES string of the molecule is CCC(=O)NC(=NC(C)(C)c1ccccc1)NC(C)(C)c1ccccc1. The first-order chi connectivity index (χ1) is 12.2. The van der Waals surface area contributed by atoms with Gasteiger partial charge in [0.2, 0.25) is 5.91 Å². The molecule has 138 valence electrons. The van der Waals surface area contributed by atoms with Gasteiger partial charge in [-0.2, -0.15) is 0 Å². The number of carbonyl (C=O) groups excluding carboxylic acids is 1. The highest BCUT2D eigenvalue weighted by Gasteiger charge is 2.26. The molecule has 2 aromatic rings. The van der Waals surface area contributed by atoms with Gasteiger partial charge in [0.1, 0.15) is 0 Å². The average Bonchev–Trinajstić information content (AvgIpc) is 2.62. The van der Waals surface area contributed by atoms with Crippen molar-refractivity contribution in [1.29, 1.82) is 0 Å². The summed E-state index contributed by atoms with van der Waals surface area (Å²) in [5.74, 6) is 0.420. The average molecular weight is 351 g/mol. The van der Waals surface area contributed by atoms with Crippen molar-refractivity contribution in [2.75, 3.05) is 0 Å². The van der Waals surface area contributed by atoms with Gasteiger partial charge in [0.25, 0.3) is 0 Å². The van der Waals surface area contributed by atoms with Crippen molar-refractivity contribution in [3.63, 3.8) is 0 Å². The number of hydrogen-bond acceptors (Lipinski definition) is 2. The second-order valence-corrected chi connectivity index (χ2v) is 7.40. The molecule has 0 bridgehead atoms. The van der Waals surface area contributed by atoms with E-state index in [9.17, 15) is 4.79 Å². The van der Waals surface area contributed by atoms with Gasteiger partial charge in [-0.15, -0.1) is 0 Å². The third kappa shape index (κ3) is 5.19. The van der Waals surface area contributed by atoms with Crippen molar-refractivity contribution in [1.82, 2.24) is 10.6 Å². The fourth-order valence-electron chi connectivity index (χ4n) is 2.72. The Kier molecular flexibility index (Phi) is 6.19. The summed E-state index contributed by atoms with van der Waals surface area (Å²) in [7, 11) is 0. The first-order valence-electron chi connectivity index (χ1n) is 9.03. The van der Waals surface area contributed by atoms with Gasteiger partial charge in [-0.05, 0) is 38.8 Å². The molecular formula is C22H29N3O. The van der Waals surface area contributed by atoms with Crippen LogP contribution in [0.4, 0.5) is 0 Å². The number of guanidine groups is 1. The summed E-state index contributed by atoms with van der Waals surface area (Å²) in [5.41, 5.74) is 1.35. The van der Waals surface area contributed by atoms with Gasteiger partial charge in [0.15, 0.2) is 5.96 Å². The number of benzene rings is 2. The number of hydrogen-bond donors (Lipinski definition) is 2. The highest BCUT2D eigenvalue weighted by atomic mass is 16.1. The van der Waals surface area contributed by atoms with E-state index in [2.05, 4.69) is 36.6 Å². The van der Waals surface area contributed by atoms with Crippen molar-refractivity contribution in [2.24, 2.45) is 4.99 Å². The Morgan fingerprint density at radius 3 is 1.88 bits per heavy atom. The Labute approximate surface area is 156 Å². The van der Waals surface area contributed by atoms with E-state index >= 15 is 0 Å². The van der Waals surface area contributed by atoms with Crippen LogP contribution in [0.2, 0.25) is 0 Å². The Morgan fingerprint density at radius 2 is 1.38 bits per heavy atom. The number of nitrogens with one attached hydrogen (secondary N) is 2. The molecule has 0 aliphatic carbocycles. The number of aliphatic imine (C=N–C) groups is 1. The molecule has 0 aromatic heterocycles. The summed E-state index contributed by atoms with van der Waals surface area (Å²) >= 11 is 0. The quantitative estimate of drug-likeness (QED) is 0.622. The fraction of sp³-hybridized carbons (Fsp3) is 0.364. The summed E-state index contributed by atoms with van der Waals surface area (Å²) in [6.45, 7) is 10.1. The molecule has 0 saturated carbocycles. The van der Waals surface area contributed by atoms with E-state index in [-0.39, 0.29) is 11.4 Å². The van der Waals surface area contributed by atoms with Gasteiger partial charge < -0.3 is 5.32 Å². The second kappa shape index (κ2) is 8.17. The van der Waals surface area contributed by atoms with Crippen molar-refractivity contribution in [2.45, 2.75) is 52.1 Å². The van der Waals surface area contributed by atoms with Crippen molar-refractivity contribution < 1.29 is 4.79 Å². The minimum Gasteiger partial charge on any atom is -0.347 e. The lowest BCUT2D eigenvalue weighted by Gasteiger charge is -2.31. The van der Waals surface area contributed by atoms with E-state index in [1.54, 1.807) is 0 Å². The Bertz CT molecular complexity index is 749. The zero-order valence-corrected chi connectivity index (χ0v) is 16.3. The van der Waals surface area contributed by atoms with E-state index in [4.69, 9.17) is 4.99 Å². The maximum atomic E-state index is 12.0. The van der Waals surface area contributed by atoms with Crippen LogP contribution in [0.1, 0.15) is 52.2 Å². The van der Waals surface area contributed by atoms with E-state index in [0.717, 1.165) is 11.1 Å². The summed E-state index contributed by atoms with van der Waals surface area (Å²) < 4.78 is 0. The second-order valence-electron chi connectivity index (χ2n) is 7.40. The molecule has 0 radical (unpaired) electrons. The molecule has 2 aromatic carbocycles. The van der Waals surface area contributed by atoms with Crippen LogP contribution >= 0.6 is 0 Å². The van der Waals surface area contributed by atoms with Crippen LogP contribution in [0.15, 0.2) is 65.7 Å². The summed E-state index contributed by atoms with van der Waals surface area (Å²) in [6, 6.07) is 20.2. The van der Waals surface area contributed by atoms with Crippen LogP contribution in [0.3, 0.4) is 0 Å². The van der Waals surface area contributed by atoms with Crippen LogP contribution in [0, 0.1) is 0 Å². The molecule has 0 heterocycles. The highest BCUT2D eigenvalue weighted by Crippen LogP contribution is 2.25. The molecule has 0 unspecified atom stereocenters. The molecule has 2 N–H and O–H groups in total. The van der Waals surface area contributed by atoms with Gasteiger partial charge in [-0.1, -0.05) is 67.6 Å². The zero-order chi connectivity index (χ0) is 19.2. The third-order valence-electron chi connectivity index (χ3n) is 4.38. The maximum Gasteiger partial charge on any atom is 0.226 e. The van der Waals surface area contributed by atoms with Crippen LogP contribution in [-0.4, -0.2) is 11.9 Å². The molecule has 4 nitrogen and oxygen atoms in total. The molecule has 0 aliphatic heterocycles. The van der Waals surface area contributed by atoms with Gasteiger partial charge in [0, 0.05) is 6.42 Å². The number of amides is 1. The van der Waals surface area contributed by atoms with Gasteiger partial charge >= 0.3 is 0 Å². The molecule has 26 heavy (non-hydrogen) atoms. The number of rotatable bonds is 5. The standard InChI is InChI=1S/C22H29N3O/c1-6-19(26)23-20(24-21(2,3)17-13-9-7-10-14-17)25-22(4,5)18-15-11-8-12-16-18/h7-16H,6H2,1-5H3,(H2,23,24,25,26). The smallest absolute Gasteiger partial charge is 0.226 e. The Morgan fingerprint density at radius 1 is 0.885 bits per heavy atom. The molecular weight excluding hydrogens is 322 g/mol. The number of nitrogens with zero attached hydrogens (tertiary/aromatic N) is 1. The van der Waals surface area contributed by atoms with E-state index in [1.807, 2.05) is 69.3 Å². The molecule has 0 aliphatic rings. The topological polar surface area (TPSA) is 53.5 Å². The molecule has 4 heteroatoms.